The van der Waals surface area contributed by atoms with Crippen LogP contribution < -0.4 is 10.1 Å². The summed E-state index contributed by atoms with van der Waals surface area (Å²) in [6, 6.07) is 3.68. The molecule has 4 heterocycles. The van der Waals surface area contributed by atoms with E-state index >= 15 is 0 Å². The quantitative estimate of drug-likeness (QED) is 0.728. The van der Waals surface area contributed by atoms with E-state index in [1.165, 1.54) is 0 Å². The Hall–Kier alpha value is -2.19. The van der Waals surface area contributed by atoms with Gasteiger partial charge in [0.25, 0.3) is 0 Å². The molecule has 1 N–H and O–H groups in total. The van der Waals surface area contributed by atoms with Gasteiger partial charge in [-0.05, 0) is 43.9 Å². The van der Waals surface area contributed by atoms with Crippen molar-refractivity contribution in [3.05, 3.63) is 24.0 Å². The third kappa shape index (κ3) is 5.32. The number of likely N-dealkylation sites (N-methyl/N-ethyl adjacent to an activating group) is 1. The minimum absolute atomic E-state index is 0.0207. The van der Waals surface area contributed by atoms with E-state index in [9.17, 15) is 9.59 Å². The molecule has 3 fully saturated rings. The van der Waals surface area contributed by atoms with Gasteiger partial charge in [-0.2, -0.15) is 0 Å². The van der Waals surface area contributed by atoms with Gasteiger partial charge >= 0.3 is 0 Å². The lowest BCUT2D eigenvalue weighted by molar-refractivity contribution is -0.135. The molecule has 2 amide bonds. The van der Waals surface area contributed by atoms with Crippen molar-refractivity contribution in [2.24, 2.45) is 5.41 Å². The second kappa shape index (κ2) is 9.22. The number of amides is 2. The Morgan fingerprint density at radius 3 is 2.67 bits per heavy atom. The molecule has 33 heavy (non-hydrogen) atoms. The third-order valence-corrected chi connectivity index (χ3v) is 7.38. The molecule has 2 atom stereocenters. The number of fused-ring (bicyclic) bond motifs is 1. The van der Waals surface area contributed by atoms with Crippen molar-refractivity contribution >= 4 is 11.8 Å². The van der Waals surface area contributed by atoms with Crippen LogP contribution in [-0.4, -0.2) is 89.5 Å². The van der Waals surface area contributed by atoms with Crippen molar-refractivity contribution in [2.75, 3.05) is 40.3 Å². The highest BCUT2D eigenvalue weighted by Crippen LogP contribution is 2.34. The van der Waals surface area contributed by atoms with E-state index in [1.807, 2.05) is 17.0 Å². The van der Waals surface area contributed by atoms with Gasteiger partial charge in [-0.15, -0.1) is 0 Å². The van der Waals surface area contributed by atoms with Crippen molar-refractivity contribution in [3.8, 4) is 5.75 Å². The van der Waals surface area contributed by atoms with Crippen LogP contribution >= 0.6 is 0 Å². The minimum Gasteiger partial charge on any atom is -0.495 e. The van der Waals surface area contributed by atoms with Crippen LogP contribution in [0.2, 0.25) is 0 Å². The van der Waals surface area contributed by atoms with Crippen LogP contribution in [0.15, 0.2) is 18.3 Å². The highest BCUT2D eigenvalue weighted by Gasteiger charge is 2.49. The second-order valence-corrected chi connectivity index (χ2v) is 11.3. The van der Waals surface area contributed by atoms with Crippen molar-refractivity contribution < 1.29 is 14.3 Å². The van der Waals surface area contributed by atoms with E-state index < -0.39 is 5.54 Å². The molecular weight excluding hydrogens is 418 g/mol. The molecule has 0 radical (unpaired) electrons. The van der Waals surface area contributed by atoms with Crippen LogP contribution in [0.3, 0.4) is 0 Å². The maximum Gasteiger partial charge on any atom is 0.243 e. The molecule has 1 aromatic heterocycles. The molecule has 0 unspecified atom stereocenters. The first kappa shape index (κ1) is 24.0. The summed E-state index contributed by atoms with van der Waals surface area (Å²) < 4.78 is 5.44. The molecule has 4 rings (SSSR count). The van der Waals surface area contributed by atoms with E-state index in [-0.39, 0.29) is 29.3 Å². The van der Waals surface area contributed by atoms with Crippen molar-refractivity contribution in [2.45, 2.75) is 70.6 Å². The number of nitrogens with one attached hydrogen (secondary N) is 1. The average Bonchev–Trinajstić information content (AvgIpc) is 3.18. The highest BCUT2D eigenvalue weighted by molar-refractivity contribution is 5.92. The lowest BCUT2D eigenvalue weighted by atomic mass is 9.84. The Labute approximate surface area is 197 Å². The standard InChI is InChI=1S/C25H39N5O3/c1-24(2,3)17-28(4)18-13-20-23(32)27-25(14-22(31)30(20)15-18)8-11-29(12-9-25)16-19-21(33-5)7-6-10-26-19/h6-7,10,18,20H,8-9,11-17H2,1-5H3,(H,27,32)/t18-,20-/m0/s1. The first-order valence-corrected chi connectivity index (χ1v) is 12.1. The number of hydrogen-bond acceptors (Lipinski definition) is 6. The molecule has 8 heteroatoms. The fraction of sp³-hybridized carbons (Fsp3) is 0.720. The number of ether oxygens (including phenoxy) is 1. The van der Waals surface area contributed by atoms with Crippen molar-refractivity contribution in [3.63, 3.8) is 0 Å². The number of piperidine rings is 1. The molecular formula is C25H39N5O3. The van der Waals surface area contributed by atoms with Crippen molar-refractivity contribution in [1.29, 1.82) is 0 Å². The number of methoxy groups -OCH3 is 1. The number of pyridine rings is 1. The van der Waals surface area contributed by atoms with Crippen LogP contribution in [0.25, 0.3) is 0 Å². The molecule has 3 aliphatic heterocycles. The van der Waals surface area contributed by atoms with Crippen molar-refractivity contribution in [1.82, 2.24) is 25.0 Å². The summed E-state index contributed by atoms with van der Waals surface area (Å²) in [6.45, 7) is 10.6. The minimum atomic E-state index is -0.435. The van der Waals surface area contributed by atoms with Gasteiger partial charge in [-0.1, -0.05) is 20.8 Å². The Bertz CT molecular complexity index is 847. The number of nitrogens with zero attached hydrogens (tertiary/aromatic N) is 4. The summed E-state index contributed by atoms with van der Waals surface area (Å²) in [5, 5.41) is 3.32. The van der Waals surface area contributed by atoms with E-state index in [0.717, 1.165) is 43.9 Å². The van der Waals surface area contributed by atoms with Crippen LogP contribution in [0.5, 0.6) is 5.75 Å². The number of rotatable bonds is 5. The SMILES string of the molecule is COc1cccnc1CN1CCC2(CC1)CC(=O)N1C[C@@H](N(C)CC(C)(C)C)C[C@H]1C(=O)N2. The zero-order chi connectivity index (χ0) is 23.8. The molecule has 0 bridgehead atoms. The number of likely N-dealkylation sites (tertiary alicyclic amines) is 1. The van der Waals surface area contributed by atoms with Gasteiger partial charge in [0.2, 0.25) is 11.8 Å². The van der Waals surface area contributed by atoms with E-state index in [2.05, 4.69) is 47.9 Å². The third-order valence-electron chi connectivity index (χ3n) is 7.38. The zero-order valence-corrected chi connectivity index (χ0v) is 20.8. The number of carbonyl (C=O) groups is 2. The molecule has 3 aliphatic rings. The van der Waals surface area contributed by atoms with Gasteiger partial charge in [-0.25, -0.2) is 0 Å². The number of aromatic nitrogens is 1. The summed E-state index contributed by atoms with van der Waals surface area (Å²) in [7, 11) is 3.77. The largest absolute Gasteiger partial charge is 0.495 e. The monoisotopic (exact) mass is 457 g/mol. The average molecular weight is 458 g/mol. The summed E-state index contributed by atoms with van der Waals surface area (Å²) in [4.78, 5) is 37.5. The molecule has 182 valence electrons. The Kier molecular flexibility index (Phi) is 6.69. The van der Waals surface area contributed by atoms with E-state index in [1.54, 1.807) is 13.3 Å². The molecule has 8 nitrogen and oxygen atoms in total. The first-order valence-electron chi connectivity index (χ1n) is 12.1. The van der Waals surface area contributed by atoms with Gasteiger partial charge in [0.05, 0.1) is 24.8 Å². The van der Waals surface area contributed by atoms with Gasteiger partial charge in [0.1, 0.15) is 11.8 Å². The summed E-state index contributed by atoms with van der Waals surface area (Å²) in [5.74, 6) is 0.930. The Morgan fingerprint density at radius 2 is 2.00 bits per heavy atom. The second-order valence-electron chi connectivity index (χ2n) is 11.3. The highest BCUT2D eigenvalue weighted by atomic mass is 16.5. The molecule has 3 saturated heterocycles. The topological polar surface area (TPSA) is 78.0 Å². The van der Waals surface area contributed by atoms with E-state index in [0.29, 0.717) is 25.9 Å². The van der Waals surface area contributed by atoms with Crippen LogP contribution in [0.1, 0.15) is 52.1 Å². The van der Waals surface area contributed by atoms with E-state index in [4.69, 9.17) is 4.74 Å². The summed E-state index contributed by atoms with van der Waals surface area (Å²) in [5.41, 5.74) is 0.664. The predicted octanol–water partition coefficient (Wildman–Crippen LogP) is 1.89. The molecule has 0 aliphatic carbocycles. The maximum absolute atomic E-state index is 13.3. The Balaban J connectivity index is 1.38. The van der Waals surface area contributed by atoms with Gasteiger partial charge < -0.3 is 19.9 Å². The maximum atomic E-state index is 13.3. The molecule has 0 saturated carbocycles. The van der Waals surface area contributed by atoms with Gasteiger partial charge in [0, 0.05) is 45.0 Å². The first-order chi connectivity index (χ1) is 15.6. The van der Waals surface area contributed by atoms with Gasteiger partial charge in [-0.3, -0.25) is 19.5 Å². The number of hydrogen-bond donors (Lipinski definition) is 1. The predicted molar refractivity (Wildman–Crippen MR) is 127 cm³/mol. The fourth-order valence-electron chi connectivity index (χ4n) is 5.70. The normalized spacial score (nSPS) is 25.8. The fourth-order valence-corrected chi connectivity index (χ4v) is 5.70. The lowest BCUT2D eigenvalue weighted by Gasteiger charge is -2.41. The lowest BCUT2D eigenvalue weighted by Crippen LogP contribution is -2.56. The smallest absolute Gasteiger partial charge is 0.243 e. The van der Waals surface area contributed by atoms with Gasteiger partial charge in [0.15, 0.2) is 0 Å². The van der Waals surface area contributed by atoms with Crippen LogP contribution in [-0.2, 0) is 16.1 Å². The van der Waals surface area contributed by atoms with Crippen LogP contribution in [0.4, 0.5) is 0 Å². The number of carbonyl (C=O) groups excluding carboxylic acids is 2. The Morgan fingerprint density at radius 1 is 1.27 bits per heavy atom. The molecule has 1 spiro atoms. The van der Waals surface area contributed by atoms with Crippen LogP contribution in [0, 0.1) is 5.41 Å². The summed E-state index contributed by atoms with van der Waals surface area (Å²) in [6.07, 6.45) is 4.44. The molecule has 0 aromatic carbocycles. The summed E-state index contributed by atoms with van der Waals surface area (Å²) >= 11 is 0. The zero-order valence-electron chi connectivity index (χ0n) is 20.8. The molecule has 1 aromatic rings.